The van der Waals surface area contributed by atoms with Crippen molar-refractivity contribution in [2.45, 2.75) is 56.7 Å². The van der Waals surface area contributed by atoms with Crippen LogP contribution in [0.15, 0.2) is 36.9 Å². The number of carbonyl (C=O) groups is 1. The molecule has 1 saturated carbocycles. The standard InChI is InChI=1S/C22H25FN6O2/c23-15-10-14(11-24-12-15)19-2-1-8-28(19)20-7-9-29-21(27-20)18(13-25-29)22(31)26-16-3-5-17(30)6-4-16/h7,9-13,16-17,19,30H,1-6,8H2,(H,26,31)/t16-,17+,19-/m1/s1. The van der Waals surface area contributed by atoms with E-state index in [1.165, 1.54) is 18.5 Å². The minimum Gasteiger partial charge on any atom is -0.393 e. The van der Waals surface area contributed by atoms with E-state index >= 15 is 0 Å². The molecule has 0 unspecified atom stereocenters. The molecule has 2 fully saturated rings. The van der Waals surface area contributed by atoms with Crippen molar-refractivity contribution in [2.75, 3.05) is 11.4 Å². The molecule has 1 atom stereocenters. The topological polar surface area (TPSA) is 95.6 Å². The minimum atomic E-state index is -0.349. The zero-order chi connectivity index (χ0) is 21.4. The Hall–Kier alpha value is -3.07. The zero-order valence-electron chi connectivity index (χ0n) is 17.1. The van der Waals surface area contributed by atoms with E-state index in [2.05, 4.69) is 20.3 Å². The van der Waals surface area contributed by atoms with Crippen molar-refractivity contribution in [3.8, 4) is 0 Å². The quantitative estimate of drug-likeness (QED) is 0.669. The van der Waals surface area contributed by atoms with Gasteiger partial charge < -0.3 is 15.3 Å². The minimum absolute atomic E-state index is 0.00739. The lowest BCUT2D eigenvalue weighted by molar-refractivity contribution is 0.0869. The Kier molecular flexibility index (Phi) is 5.27. The van der Waals surface area contributed by atoms with Gasteiger partial charge in [0.1, 0.15) is 17.2 Å². The van der Waals surface area contributed by atoms with Crippen LogP contribution in [0.3, 0.4) is 0 Å². The van der Waals surface area contributed by atoms with Crippen molar-refractivity contribution in [2.24, 2.45) is 0 Å². The van der Waals surface area contributed by atoms with E-state index in [-0.39, 0.29) is 29.9 Å². The van der Waals surface area contributed by atoms with E-state index in [0.717, 1.165) is 43.6 Å². The Labute approximate surface area is 179 Å². The molecular formula is C22H25FN6O2. The number of nitrogens with one attached hydrogen (secondary N) is 1. The molecule has 1 amide bonds. The lowest BCUT2D eigenvalue weighted by Gasteiger charge is -2.26. The number of fused-ring (bicyclic) bond motifs is 1. The smallest absolute Gasteiger partial charge is 0.256 e. The number of aliphatic hydroxyl groups is 1. The third kappa shape index (κ3) is 3.97. The maximum absolute atomic E-state index is 13.7. The average molecular weight is 424 g/mol. The van der Waals surface area contributed by atoms with Crippen molar-refractivity contribution in [1.82, 2.24) is 24.9 Å². The molecule has 162 valence electrons. The van der Waals surface area contributed by atoms with Gasteiger partial charge in [-0.2, -0.15) is 5.10 Å². The summed E-state index contributed by atoms with van der Waals surface area (Å²) in [4.78, 5) is 23.8. The SMILES string of the molecule is O=C(N[C@H]1CC[C@@H](O)CC1)c1cnn2ccc(N3CCC[C@@H]3c3cncc(F)c3)nc12. The van der Waals surface area contributed by atoms with E-state index in [1.54, 1.807) is 16.9 Å². The summed E-state index contributed by atoms with van der Waals surface area (Å²) >= 11 is 0. The largest absolute Gasteiger partial charge is 0.393 e. The number of anilines is 1. The highest BCUT2D eigenvalue weighted by molar-refractivity contribution is 5.99. The van der Waals surface area contributed by atoms with E-state index in [9.17, 15) is 14.3 Å². The van der Waals surface area contributed by atoms with Crippen LogP contribution in [-0.4, -0.2) is 49.3 Å². The van der Waals surface area contributed by atoms with Gasteiger partial charge in [0.05, 0.1) is 24.5 Å². The van der Waals surface area contributed by atoms with Crippen LogP contribution in [0.5, 0.6) is 0 Å². The Morgan fingerprint density at radius 2 is 2.00 bits per heavy atom. The summed E-state index contributed by atoms with van der Waals surface area (Å²) in [5.41, 5.74) is 1.75. The third-order valence-corrected chi connectivity index (χ3v) is 6.29. The predicted octanol–water partition coefficient (Wildman–Crippen LogP) is 2.64. The monoisotopic (exact) mass is 424 g/mol. The summed E-state index contributed by atoms with van der Waals surface area (Å²) in [6, 6.07) is 3.44. The molecule has 3 aromatic heterocycles. The molecule has 0 aromatic carbocycles. The summed E-state index contributed by atoms with van der Waals surface area (Å²) < 4.78 is 15.3. The number of pyridine rings is 1. The van der Waals surface area contributed by atoms with Gasteiger partial charge in [-0.3, -0.25) is 9.78 Å². The maximum atomic E-state index is 13.7. The molecule has 2 aliphatic rings. The number of hydrogen-bond donors (Lipinski definition) is 2. The van der Waals surface area contributed by atoms with Gasteiger partial charge in [0, 0.05) is 25.0 Å². The molecule has 0 radical (unpaired) electrons. The second kappa shape index (κ2) is 8.22. The lowest BCUT2D eigenvalue weighted by atomic mass is 9.93. The van der Waals surface area contributed by atoms with Crippen molar-refractivity contribution >= 4 is 17.4 Å². The molecule has 0 spiro atoms. The van der Waals surface area contributed by atoms with Gasteiger partial charge in [0.2, 0.25) is 0 Å². The Morgan fingerprint density at radius 1 is 1.16 bits per heavy atom. The third-order valence-electron chi connectivity index (χ3n) is 6.29. The fourth-order valence-corrected chi connectivity index (χ4v) is 4.66. The lowest BCUT2D eigenvalue weighted by Crippen LogP contribution is -2.38. The molecule has 4 heterocycles. The maximum Gasteiger partial charge on any atom is 0.256 e. The average Bonchev–Trinajstić information content (AvgIpc) is 3.42. The summed E-state index contributed by atoms with van der Waals surface area (Å²) in [6.45, 7) is 0.796. The highest BCUT2D eigenvalue weighted by atomic mass is 19.1. The Morgan fingerprint density at radius 3 is 2.81 bits per heavy atom. The number of aliphatic hydroxyl groups excluding tert-OH is 1. The van der Waals surface area contributed by atoms with Gasteiger partial charge in [-0.25, -0.2) is 13.9 Å². The van der Waals surface area contributed by atoms with Gasteiger partial charge in [-0.05, 0) is 56.2 Å². The first-order valence-corrected chi connectivity index (χ1v) is 10.8. The fraction of sp³-hybridized carbons (Fsp3) is 0.455. The molecule has 9 heteroatoms. The van der Waals surface area contributed by atoms with Crippen molar-refractivity contribution in [1.29, 1.82) is 0 Å². The molecule has 0 bridgehead atoms. The van der Waals surface area contributed by atoms with E-state index in [1.807, 2.05) is 6.07 Å². The van der Waals surface area contributed by atoms with Gasteiger partial charge in [-0.1, -0.05) is 0 Å². The van der Waals surface area contributed by atoms with E-state index in [0.29, 0.717) is 24.1 Å². The van der Waals surface area contributed by atoms with Crippen LogP contribution in [0, 0.1) is 5.82 Å². The number of amides is 1. The number of rotatable bonds is 4. The number of hydrogen-bond acceptors (Lipinski definition) is 6. The molecule has 1 aliphatic carbocycles. The van der Waals surface area contributed by atoms with Gasteiger partial charge >= 0.3 is 0 Å². The number of nitrogens with zero attached hydrogens (tertiary/aromatic N) is 5. The van der Waals surface area contributed by atoms with E-state index < -0.39 is 0 Å². The van der Waals surface area contributed by atoms with Crippen LogP contribution >= 0.6 is 0 Å². The van der Waals surface area contributed by atoms with Crippen molar-refractivity contribution < 1.29 is 14.3 Å². The van der Waals surface area contributed by atoms with Gasteiger partial charge in [-0.15, -0.1) is 0 Å². The van der Waals surface area contributed by atoms with Crippen molar-refractivity contribution in [3.63, 3.8) is 0 Å². The van der Waals surface area contributed by atoms with Crippen molar-refractivity contribution in [3.05, 3.63) is 53.9 Å². The number of aromatic nitrogens is 4. The zero-order valence-corrected chi connectivity index (χ0v) is 17.1. The van der Waals surface area contributed by atoms with Gasteiger partial charge in [0.25, 0.3) is 5.91 Å². The van der Waals surface area contributed by atoms with E-state index in [4.69, 9.17) is 4.98 Å². The summed E-state index contributed by atoms with van der Waals surface area (Å²) in [7, 11) is 0. The summed E-state index contributed by atoms with van der Waals surface area (Å²) in [5, 5.41) is 17.0. The molecule has 5 rings (SSSR count). The molecule has 1 saturated heterocycles. The van der Waals surface area contributed by atoms with Crippen LogP contribution in [0.4, 0.5) is 10.2 Å². The van der Waals surface area contributed by atoms with Crippen LogP contribution in [0.2, 0.25) is 0 Å². The molecule has 2 N–H and O–H groups in total. The summed E-state index contributed by atoms with van der Waals surface area (Å²) in [6.07, 6.45) is 10.8. The Balaban J connectivity index is 1.40. The first-order valence-electron chi connectivity index (χ1n) is 10.8. The van der Waals surface area contributed by atoms with Crippen LogP contribution < -0.4 is 10.2 Å². The molecule has 31 heavy (non-hydrogen) atoms. The first-order chi connectivity index (χ1) is 15.1. The number of halogens is 1. The highest BCUT2D eigenvalue weighted by Gasteiger charge is 2.29. The molecule has 1 aliphatic heterocycles. The van der Waals surface area contributed by atoms with Crippen LogP contribution in [0.1, 0.15) is 60.5 Å². The Bertz CT molecular complexity index is 1090. The highest BCUT2D eigenvalue weighted by Crippen LogP contribution is 2.35. The molecule has 3 aromatic rings. The van der Waals surface area contributed by atoms with Crippen LogP contribution in [0.25, 0.3) is 5.65 Å². The second-order valence-electron chi connectivity index (χ2n) is 8.38. The summed E-state index contributed by atoms with van der Waals surface area (Å²) in [5.74, 6) is 0.181. The first kappa shape index (κ1) is 19.9. The number of carbonyl (C=O) groups excluding carboxylic acids is 1. The van der Waals surface area contributed by atoms with Gasteiger partial charge in [0.15, 0.2) is 5.65 Å². The normalized spacial score (nSPS) is 23.9. The van der Waals surface area contributed by atoms with Crippen LogP contribution in [-0.2, 0) is 0 Å². The molecule has 8 nitrogen and oxygen atoms in total. The fourth-order valence-electron chi connectivity index (χ4n) is 4.66. The molecular weight excluding hydrogens is 399 g/mol. The predicted molar refractivity (Wildman–Crippen MR) is 112 cm³/mol. The second-order valence-corrected chi connectivity index (χ2v) is 8.38.